The van der Waals surface area contributed by atoms with Gasteiger partial charge in [-0.1, -0.05) is 12.1 Å². The zero-order valence-electron chi connectivity index (χ0n) is 10.4. The molecule has 0 saturated heterocycles. The van der Waals surface area contributed by atoms with Crippen molar-refractivity contribution in [3.63, 3.8) is 0 Å². The molecule has 0 fully saturated rings. The zero-order chi connectivity index (χ0) is 13.4. The van der Waals surface area contributed by atoms with E-state index in [9.17, 15) is 15.0 Å². The molecule has 0 aliphatic rings. The second kappa shape index (κ2) is 4.22. The first-order valence-corrected chi connectivity index (χ1v) is 5.51. The Morgan fingerprint density at radius 2 is 1.89 bits per heavy atom. The van der Waals surface area contributed by atoms with Gasteiger partial charge in [0, 0.05) is 10.9 Å². The van der Waals surface area contributed by atoms with Gasteiger partial charge < -0.3 is 14.9 Å². The van der Waals surface area contributed by atoms with Gasteiger partial charge in [0.1, 0.15) is 17.2 Å². The summed E-state index contributed by atoms with van der Waals surface area (Å²) in [5.74, 6) is -0.0342. The van der Waals surface area contributed by atoms with E-state index in [4.69, 9.17) is 4.74 Å². The second-order valence-corrected chi connectivity index (χ2v) is 4.14. The van der Waals surface area contributed by atoms with E-state index in [1.807, 2.05) is 0 Å². The Morgan fingerprint density at radius 1 is 1.22 bits per heavy atom. The lowest BCUT2D eigenvalue weighted by molar-refractivity contribution is 0.101. The molecule has 94 valence electrons. The molecule has 2 N–H and O–H groups in total. The van der Waals surface area contributed by atoms with Gasteiger partial charge in [0.25, 0.3) is 0 Å². The fourth-order valence-corrected chi connectivity index (χ4v) is 2.20. The molecule has 18 heavy (non-hydrogen) atoms. The molecule has 0 aliphatic carbocycles. The Morgan fingerprint density at radius 3 is 2.44 bits per heavy atom. The smallest absolute Gasteiger partial charge is 0.163 e. The molecule has 0 unspecified atom stereocenters. The third-order valence-electron chi connectivity index (χ3n) is 3.06. The molecule has 0 heterocycles. The number of benzene rings is 2. The van der Waals surface area contributed by atoms with Crippen LogP contribution in [0.1, 0.15) is 22.8 Å². The number of hydrogen-bond acceptors (Lipinski definition) is 4. The number of phenolic OH excluding ortho intramolecular Hbond substituents is 2. The Hall–Kier alpha value is -2.23. The quantitative estimate of drug-likeness (QED) is 0.631. The van der Waals surface area contributed by atoms with Crippen molar-refractivity contribution in [1.29, 1.82) is 0 Å². The van der Waals surface area contributed by atoms with Gasteiger partial charge in [-0.3, -0.25) is 4.79 Å². The topological polar surface area (TPSA) is 66.8 Å². The van der Waals surface area contributed by atoms with Crippen LogP contribution >= 0.6 is 0 Å². The summed E-state index contributed by atoms with van der Waals surface area (Å²) < 4.78 is 5.16. The normalized spacial score (nSPS) is 10.6. The maximum Gasteiger partial charge on any atom is 0.163 e. The van der Waals surface area contributed by atoms with Crippen LogP contribution in [-0.2, 0) is 0 Å². The molecule has 4 heteroatoms. The molecule has 4 nitrogen and oxygen atoms in total. The van der Waals surface area contributed by atoms with Crippen LogP contribution in [0.5, 0.6) is 17.2 Å². The Labute approximate surface area is 104 Å². The summed E-state index contributed by atoms with van der Waals surface area (Å²) in [7, 11) is 1.47. The van der Waals surface area contributed by atoms with Crippen LogP contribution < -0.4 is 4.74 Å². The van der Waals surface area contributed by atoms with Gasteiger partial charge in [0.2, 0.25) is 0 Å². The first-order chi connectivity index (χ1) is 8.49. The van der Waals surface area contributed by atoms with Gasteiger partial charge in [-0.05, 0) is 19.9 Å². The Kier molecular flexibility index (Phi) is 2.87. The lowest BCUT2D eigenvalue weighted by atomic mass is 9.96. The highest BCUT2D eigenvalue weighted by molar-refractivity contribution is 6.09. The van der Waals surface area contributed by atoms with Gasteiger partial charge in [-0.15, -0.1) is 0 Å². The van der Waals surface area contributed by atoms with Crippen molar-refractivity contribution in [2.45, 2.75) is 13.8 Å². The molecular weight excluding hydrogens is 232 g/mol. The minimum atomic E-state index is -0.298. The first kappa shape index (κ1) is 12.2. The zero-order valence-corrected chi connectivity index (χ0v) is 10.4. The fraction of sp³-hybridized carbons (Fsp3) is 0.214. The standard InChI is InChI=1S/C14H14O4/c1-7-11(8(2)15)14(17)12-9(13(7)16)5-4-6-10(12)18-3/h4-6,16-17H,1-3H3. The number of rotatable bonds is 2. The maximum atomic E-state index is 11.6. The molecule has 0 amide bonds. The number of ether oxygens (including phenoxy) is 1. The molecule has 2 aromatic rings. The average molecular weight is 246 g/mol. The summed E-state index contributed by atoms with van der Waals surface area (Å²) in [4.78, 5) is 11.6. The molecular formula is C14H14O4. The van der Waals surface area contributed by atoms with Crippen molar-refractivity contribution >= 4 is 16.6 Å². The van der Waals surface area contributed by atoms with E-state index < -0.39 is 0 Å². The summed E-state index contributed by atoms with van der Waals surface area (Å²) in [6, 6.07) is 5.05. The molecule has 0 radical (unpaired) electrons. The summed E-state index contributed by atoms with van der Waals surface area (Å²) in [6.45, 7) is 2.95. The van der Waals surface area contributed by atoms with E-state index >= 15 is 0 Å². The number of phenols is 2. The highest BCUT2D eigenvalue weighted by Crippen LogP contribution is 2.43. The van der Waals surface area contributed by atoms with Gasteiger partial charge in [0.15, 0.2) is 5.78 Å². The van der Waals surface area contributed by atoms with Gasteiger partial charge >= 0.3 is 0 Å². The van der Waals surface area contributed by atoms with Gasteiger partial charge in [-0.25, -0.2) is 0 Å². The third-order valence-corrected chi connectivity index (χ3v) is 3.06. The van der Waals surface area contributed by atoms with E-state index in [0.29, 0.717) is 22.1 Å². The van der Waals surface area contributed by atoms with Crippen LogP contribution in [0.2, 0.25) is 0 Å². The number of carbonyl (C=O) groups is 1. The number of aromatic hydroxyl groups is 2. The number of Topliss-reactive ketones (excluding diaryl/α,β-unsaturated/α-hetero) is 1. The van der Waals surface area contributed by atoms with Crippen LogP contribution in [0.25, 0.3) is 10.8 Å². The van der Waals surface area contributed by atoms with E-state index in [2.05, 4.69) is 0 Å². The summed E-state index contributed by atoms with van der Waals surface area (Å²) in [6.07, 6.45) is 0. The third kappa shape index (κ3) is 1.57. The fourth-order valence-electron chi connectivity index (χ4n) is 2.20. The van der Waals surface area contributed by atoms with Crippen LogP contribution in [0.3, 0.4) is 0 Å². The van der Waals surface area contributed by atoms with E-state index in [1.54, 1.807) is 25.1 Å². The highest BCUT2D eigenvalue weighted by atomic mass is 16.5. The lowest BCUT2D eigenvalue weighted by Gasteiger charge is -2.14. The monoisotopic (exact) mass is 246 g/mol. The van der Waals surface area contributed by atoms with Crippen LogP contribution in [0.15, 0.2) is 18.2 Å². The minimum Gasteiger partial charge on any atom is -0.507 e. The minimum absolute atomic E-state index is 0.00750. The average Bonchev–Trinajstić information content (AvgIpc) is 2.34. The molecule has 2 aromatic carbocycles. The molecule has 0 bridgehead atoms. The van der Waals surface area contributed by atoms with Crippen molar-refractivity contribution in [2.24, 2.45) is 0 Å². The molecule has 0 aromatic heterocycles. The van der Waals surface area contributed by atoms with Gasteiger partial charge in [-0.2, -0.15) is 0 Å². The molecule has 0 aliphatic heterocycles. The molecule has 2 rings (SSSR count). The van der Waals surface area contributed by atoms with E-state index in [1.165, 1.54) is 14.0 Å². The Balaban J connectivity index is 3.04. The maximum absolute atomic E-state index is 11.6. The number of hydrogen-bond donors (Lipinski definition) is 2. The molecule has 0 saturated carbocycles. The molecule has 0 atom stereocenters. The number of carbonyl (C=O) groups excluding carboxylic acids is 1. The molecule has 0 spiro atoms. The Bertz CT molecular complexity index is 644. The largest absolute Gasteiger partial charge is 0.507 e. The van der Waals surface area contributed by atoms with Crippen molar-refractivity contribution < 1.29 is 19.7 Å². The summed E-state index contributed by atoms with van der Waals surface area (Å²) in [5, 5.41) is 21.2. The lowest BCUT2D eigenvalue weighted by Crippen LogP contribution is -1.99. The van der Waals surface area contributed by atoms with Crippen LogP contribution in [0.4, 0.5) is 0 Å². The van der Waals surface area contributed by atoms with Crippen LogP contribution in [0, 0.1) is 6.92 Å². The van der Waals surface area contributed by atoms with E-state index in [0.717, 1.165) is 0 Å². The number of fused-ring (bicyclic) bond motifs is 1. The summed E-state index contributed by atoms with van der Waals surface area (Å²) >= 11 is 0. The SMILES string of the molecule is COc1cccc2c(O)c(C)c(C(C)=O)c(O)c12. The van der Waals surface area contributed by atoms with Crippen molar-refractivity contribution in [3.8, 4) is 17.2 Å². The first-order valence-electron chi connectivity index (χ1n) is 5.51. The van der Waals surface area contributed by atoms with Gasteiger partial charge in [0.05, 0.1) is 18.1 Å². The van der Waals surface area contributed by atoms with E-state index in [-0.39, 0.29) is 22.8 Å². The summed E-state index contributed by atoms with van der Waals surface area (Å²) in [5.41, 5.74) is 0.505. The number of ketones is 1. The predicted molar refractivity (Wildman–Crippen MR) is 68.6 cm³/mol. The highest BCUT2D eigenvalue weighted by Gasteiger charge is 2.21. The number of methoxy groups -OCH3 is 1. The van der Waals surface area contributed by atoms with Crippen molar-refractivity contribution in [3.05, 3.63) is 29.3 Å². The van der Waals surface area contributed by atoms with Crippen LogP contribution in [-0.4, -0.2) is 23.1 Å². The van der Waals surface area contributed by atoms with Crippen molar-refractivity contribution in [2.75, 3.05) is 7.11 Å². The van der Waals surface area contributed by atoms with Crippen molar-refractivity contribution in [1.82, 2.24) is 0 Å². The second-order valence-electron chi connectivity index (χ2n) is 4.14. The predicted octanol–water partition coefficient (Wildman–Crippen LogP) is 2.77.